The van der Waals surface area contributed by atoms with Crippen molar-refractivity contribution < 1.29 is 14.6 Å². The Bertz CT molecular complexity index is 501. The van der Waals surface area contributed by atoms with Crippen molar-refractivity contribution in [2.75, 3.05) is 6.61 Å². The summed E-state index contributed by atoms with van der Waals surface area (Å²) >= 11 is -2.28. The zero-order valence-corrected chi connectivity index (χ0v) is 18.0. The Hall–Kier alpha value is -0.334. The molecule has 5 heteroatoms. The minimum atomic E-state index is -2.28. The van der Waals surface area contributed by atoms with E-state index in [0.29, 0.717) is 12.2 Å². The molecule has 0 aliphatic rings. The number of rotatable bonds is 6. The van der Waals surface area contributed by atoms with Gasteiger partial charge in [0, 0.05) is 0 Å². The Labute approximate surface area is 133 Å². The molecule has 0 saturated heterocycles. The molecule has 0 fully saturated rings. The van der Waals surface area contributed by atoms with E-state index in [9.17, 15) is 9.90 Å². The fraction of sp³-hybridized carbons (Fsp3) is 0.562. The van der Waals surface area contributed by atoms with Gasteiger partial charge >= 0.3 is 134 Å². The Morgan fingerprint density at radius 3 is 2.29 bits per heavy atom. The summed E-state index contributed by atoms with van der Waals surface area (Å²) in [6, 6.07) is 6.72. The standard InChI is InChI=1S/C13H19O3Si.3CH3.Sn/c1-17(2,3)8-7-16-13(15)12-6-4-5-11(9-12)10-14;;;;/h5-6,9,14H,7-8,10H2,1-3H3;3*1H3;. The van der Waals surface area contributed by atoms with Gasteiger partial charge < -0.3 is 0 Å². The van der Waals surface area contributed by atoms with Crippen LogP contribution in [0.5, 0.6) is 0 Å². The van der Waals surface area contributed by atoms with E-state index in [0.717, 1.165) is 11.6 Å². The van der Waals surface area contributed by atoms with Crippen molar-refractivity contribution >= 4 is 36.0 Å². The molecule has 0 atom stereocenters. The molecule has 1 aromatic carbocycles. The third-order valence-corrected chi connectivity index (χ3v) is 10.8. The van der Waals surface area contributed by atoms with Crippen molar-refractivity contribution in [3.63, 3.8) is 0 Å². The van der Waals surface area contributed by atoms with Crippen LogP contribution in [0.3, 0.4) is 0 Å². The molecule has 0 aliphatic heterocycles. The van der Waals surface area contributed by atoms with Crippen LogP contribution in [-0.2, 0) is 11.3 Å². The van der Waals surface area contributed by atoms with E-state index < -0.39 is 26.5 Å². The van der Waals surface area contributed by atoms with Gasteiger partial charge in [0.05, 0.1) is 0 Å². The van der Waals surface area contributed by atoms with Crippen molar-refractivity contribution in [2.45, 2.75) is 47.1 Å². The van der Waals surface area contributed by atoms with Gasteiger partial charge in [-0.3, -0.25) is 0 Å². The third kappa shape index (κ3) is 6.53. The monoisotopic (exact) mass is 416 g/mol. The molecule has 0 heterocycles. The van der Waals surface area contributed by atoms with Crippen LogP contribution in [0.1, 0.15) is 15.9 Å². The van der Waals surface area contributed by atoms with Gasteiger partial charge in [0.1, 0.15) is 0 Å². The summed E-state index contributed by atoms with van der Waals surface area (Å²) in [4.78, 5) is 19.1. The van der Waals surface area contributed by atoms with E-state index >= 15 is 0 Å². The summed E-state index contributed by atoms with van der Waals surface area (Å²) in [5.41, 5.74) is 1.38. The van der Waals surface area contributed by atoms with Crippen LogP contribution in [0.25, 0.3) is 0 Å². The number of aliphatic hydroxyl groups is 1. The normalized spacial score (nSPS) is 12.3. The number of ether oxygens (including phenoxy) is 1. The molecule has 0 bridgehead atoms. The van der Waals surface area contributed by atoms with Crippen molar-refractivity contribution in [2.24, 2.45) is 0 Å². The van der Waals surface area contributed by atoms with Gasteiger partial charge in [-0.15, -0.1) is 0 Å². The van der Waals surface area contributed by atoms with Crippen LogP contribution in [0.15, 0.2) is 18.2 Å². The first kappa shape index (κ1) is 18.7. The fourth-order valence-corrected chi connectivity index (χ4v) is 6.03. The zero-order valence-electron chi connectivity index (χ0n) is 14.1. The molecule has 1 rings (SSSR count). The Kier molecular flexibility index (Phi) is 6.49. The Balaban J connectivity index is 2.89. The van der Waals surface area contributed by atoms with Crippen LogP contribution in [0.2, 0.25) is 40.5 Å². The molecular weight excluding hydrogens is 387 g/mol. The summed E-state index contributed by atoms with van der Waals surface area (Å²) in [7, 11) is -1.19. The molecule has 118 valence electrons. The number of hydrogen-bond donors (Lipinski definition) is 1. The van der Waals surface area contributed by atoms with Crippen LogP contribution in [-0.4, -0.2) is 44.1 Å². The molecule has 0 spiro atoms. The molecule has 0 saturated carbocycles. The Morgan fingerprint density at radius 1 is 1.19 bits per heavy atom. The van der Waals surface area contributed by atoms with Crippen LogP contribution in [0.4, 0.5) is 0 Å². The van der Waals surface area contributed by atoms with Crippen molar-refractivity contribution in [1.82, 2.24) is 0 Å². The van der Waals surface area contributed by atoms with E-state index in [2.05, 4.69) is 34.5 Å². The summed E-state index contributed by atoms with van der Waals surface area (Å²) in [6.45, 7) is 7.25. The van der Waals surface area contributed by atoms with Crippen LogP contribution >= 0.6 is 0 Å². The number of aliphatic hydroxyl groups excluding tert-OH is 1. The fourth-order valence-electron chi connectivity index (χ4n) is 1.87. The predicted molar refractivity (Wildman–Crippen MR) is 93.8 cm³/mol. The first-order valence-electron chi connectivity index (χ1n) is 7.45. The molecular formula is C16H28O3SiSn. The van der Waals surface area contributed by atoms with Gasteiger partial charge in [-0.2, -0.15) is 0 Å². The Morgan fingerprint density at radius 2 is 1.81 bits per heavy atom. The molecule has 1 aromatic rings. The van der Waals surface area contributed by atoms with E-state index in [1.807, 2.05) is 12.1 Å². The maximum absolute atomic E-state index is 12.2. The third-order valence-electron chi connectivity index (χ3n) is 3.36. The summed E-state index contributed by atoms with van der Waals surface area (Å²) < 4.78 is 6.65. The summed E-state index contributed by atoms with van der Waals surface area (Å²) in [6.07, 6.45) is 0. The van der Waals surface area contributed by atoms with Gasteiger partial charge in [-0.05, 0) is 0 Å². The number of benzene rings is 1. The second-order valence-electron chi connectivity index (χ2n) is 7.77. The number of carbonyl (C=O) groups is 1. The average molecular weight is 415 g/mol. The van der Waals surface area contributed by atoms with Crippen molar-refractivity contribution in [1.29, 1.82) is 0 Å². The second kappa shape index (κ2) is 7.29. The molecule has 0 amide bonds. The molecule has 0 radical (unpaired) electrons. The van der Waals surface area contributed by atoms with Gasteiger partial charge in [-0.1, -0.05) is 0 Å². The van der Waals surface area contributed by atoms with Crippen molar-refractivity contribution in [3.05, 3.63) is 29.3 Å². The molecule has 0 aliphatic carbocycles. The molecule has 3 nitrogen and oxygen atoms in total. The van der Waals surface area contributed by atoms with Gasteiger partial charge in [0.2, 0.25) is 0 Å². The molecule has 21 heavy (non-hydrogen) atoms. The summed E-state index contributed by atoms with van der Waals surface area (Å²) in [5, 5.41) is 9.39. The number of hydrogen-bond acceptors (Lipinski definition) is 3. The van der Waals surface area contributed by atoms with E-state index in [1.54, 1.807) is 6.07 Å². The van der Waals surface area contributed by atoms with E-state index in [1.165, 1.54) is 3.58 Å². The van der Waals surface area contributed by atoms with E-state index in [4.69, 9.17) is 4.74 Å². The van der Waals surface area contributed by atoms with E-state index in [-0.39, 0.29) is 12.6 Å². The quantitative estimate of drug-likeness (QED) is 0.574. The second-order valence-corrected chi connectivity index (χ2v) is 27.9. The maximum atomic E-state index is 12.2. The van der Waals surface area contributed by atoms with Gasteiger partial charge in [0.15, 0.2) is 0 Å². The minimum absolute atomic E-state index is 0.0367. The zero-order chi connectivity index (χ0) is 16.3. The molecule has 0 aromatic heterocycles. The first-order chi connectivity index (χ1) is 9.53. The average Bonchev–Trinajstić information content (AvgIpc) is 2.35. The first-order valence-corrected chi connectivity index (χ1v) is 21.1. The predicted octanol–water partition coefficient (Wildman–Crippen LogP) is 3.22. The number of carbonyl (C=O) groups excluding carboxylic acids is 1. The topological polar surface area (TPSA) is 46.5 Å². The molecule has 1 N–H and O–H groups in total. The summed E-state index contributed by atoms with van der Waals surface area (Å²) in [5.74, 6) is -0.264. The van der Waals surface area contributed by atoms with Gasteiger partial charge in [-0.25, -0.2) is 0 Å². The van der Waals surface area contributed by atoms with Crippen LogP contribution in [0, 0.1) is 0 Å². The molecule has 0 unspecified atom stereocenters. The van der Waals surface area contributed by atoms with Gasteiger partial charge in [0.25, 0.3) is 0 Å². The van der Waals surface area contributed by atoms with Crippen LogP contribution < -0.4 is 3.58 Å². The number of esters is 1. The SMILES string of the molecule is C[Si](C)(C)CCOC(=O)c1cc(CO)c[c]([Sn]([CH3])([CH3])[CH3])c1. The van der Waals surface area contributed by atoms with Crippen molar-refractivity contribution in [3.8, 4) is 0 Å².